The molecular weight excluding hydrogens is 321 g/mol. The van der Waals surface area contributed by atoms with Crippen molar-refractivity contribution in [3.05, 3.63) is 52.3 Å². The first kappa shape index (κ1) is 13.8. The van der Waals surface area contributed by atoms with Gasteiger partial charge < -0.3 is 10.3 Å². The average Bonchev–Trinajstić information content (AvgIpc) is 3.06. The molecule has 0 amide bonds. The zero-order valence-electron chi connectivity index (χ0n) is 11.1. The molecule has 0 unspecified atom stereocenters. The van der Waals surface area contributed by atoms with Crippen LogP contribution in [0.1, 0.15) is 36.7 Å². The lowest BCUT2D eigenvalue weighted by Crippen LogP contribution is -2.22. The van der Waals surface area contributed by atoms with Crippen LogP contribution in [0.25, 0.3) is 0 Å². The zero-order chi connectivity index (χ0) is 13.9. The van der Waals surface area contributed by atoms with Crippen molar-refractivity contribution in [3.8, 4) is 0 Å². The molecule has 1 aliphatic rings. The Morgan fingerprint density at radius 3 is 2.90 bits per heavy atom. The molecule has 0 saturated heterocycles. The highest BCUT2D eigenvalue weighted by atomic mass is 79.9. The van der Waals surface area contributed by atoms with Gasteiger partial charge in [-0.2, -0.15) is 0 Å². The van der Waals surface area contributed by atoms with Gasteiger partial charge in [0.1, 0.15) is 11.6 Å². The van der Waals surface area contributed by atoms with Crippen molar-refractivity contribution in [3.63, 3.8) is 0 Å². The number of hydrogen-bond acceptors (Lipinski definition) is 2. The molecular formula is C15H17BrFN3. The standard InChI is InChI=1S/C15H17BrFN3/c16-12-6-11(7-13(17)8-12)14(5-10-1-2-10)20-9-15-18-3-4-19-15/h3-4,6-8,10,14,20H,1-2,5,9H2,(H,18,19)/t14-/m0/s1. The minimum Gasteiger partial charge on any atom is -0.348 e. The van der Waals surface area contributed by atoms with E-state index < -0.39 is 0 Å². The highest BCUT2D eigenvalue weighted by Gasteiger charge is 2.26. The van der Waals surface area contributed by atoms with Crippen molar-refractivity contribution < 1.29 is 4.39 Å². The second kappa shape index (κ2) is 6.06. The van der Waals surface area contributed by atoms with E-state index in [9.17, 15) is 4.39 Å². The van der Waals surface area contributed by atoms with Gasteiger partial charge in [0.2, 0.25) is 0 Å². The Morgan fingerprint density at radius 1 is 1.40 bits per heavy atom. The Morgan fingerprint density at radius 2 is 2.25 bits per heavy atom. The molecule has 1 aromatic carbocycles. The molecule has 3 rings (SSSR count). The molecule has 20 heavy (non-hydrogen) atoms. The Labute approximate surface area is 126 Å². The van der Waals surface area contributed by atoms with Gasteiger partial charge in [0.05, 0.1) is 6.54 Å². The lowest BCUT2D eigenvalue weighted by atomic mass is 10.0. The fourth-order valence-corrected chi connectivity index (χ4v) is 2.90. The number of imidazole rings is 1. The molecule has 2 aromatic rings. The van der Waals surface area contributed by atoms with E-state index in [0.717, 1.165) is 28.2 Å². The summed E-state index contributed by atoms with van der Waals surface area (Å²) < 4.78 is 14.4. The maximum Gasteiger partial charge on any atom is 0.124 e. The number of rotatable bonds is 6. The maximum absolute atomic E-state index is 13.6. The second-order valence-corrected chi connectivity index (χ2v) is 6.27. The molecule has 3 nitrogen and oxygen atoms in total. The topological polar surface area (TPSA) is 40.7 Å². The number of H-pyrrole nitrogens is 1. The van der Waals surface area contributed by atoms with Crippen LogP contribution in [-0.2, 0) is 6.54 Å². The van der Waals surface area contributed by atoms with Gasteiger partial charge >= 0.3 is 0 Å². The van der Waals surface area contributed by atoms with Crippen LogP contribution in [0.3, 0.4) is 0 Å². The van der Waals surface area contributed by atoms with E-state index >= 15 is 0 Å². The van der Waals surface area contributed by atoms with Gasteiger partial charge in [0, 0.05) is 22.9 Å². The number of nitrogens with one attached hydrogen (secondary N) is 2. The highest BCUT2D eigenvalue weighted by Crippen LogP contribution is 2.38. The van der Waals surface area contributed by atoms with Crippen LogP contribution in [0.5, 0.6) is 0 Å². The van der Waals surface area contributed by atoms with E-state index in [0.29, 0.717) is 6.54 Å². The summed E-state index contributed by atoms with van der Waals surface area (Å²) in [6, 6.07) is 5.27. The predicted molar refractivity (Wildman–Crippen MR) is 79.6 cm³/mol. The van der Waals surface area contributed by atoms with Crippen molar-refractivity contribution in [1.29, 1.82) is 0 Å². The molecule has 0 aliphatic heterocycles. The molecule has 1 atom stereocenters. The van der Waals surface area contributed by atoms with Crippen molar-refractivity contribution in [2.24, 2.45) is 5.92 Å². The summed E-state index contributed by atoms with van der Waals surface area (Å²) in [5.74, 6) is 1.47. The second-order valence-electron chi connectivity index (χ2n) is 5.35. The van der Waals surface area contributed by atoms with Crippen LogP contribution in [0.15, 0.2) is 35.1 Å². The Hall–Kier alpha value is -1.20. The van der Waals surface area contributed by atoms with Crippen LogP contribution >= 0.6 is 15.9 Å². The van der Waals surface area contributed by atoms with Gasteiger partial charge in [-0.25, -0.2) is 9.37 Å². The number of benzene rings is 1. The molecule has 1 fully saturated rings. The van der Waals surface area contributed by atoms with Crippen molar-refractivity contribution in [2.75, 3.05) is 0 Å². The molecule has 2 N–H and O–H groups in total. The first-order chi connectivity index (χ1) is 9.70. The van der Waals surface area contributed by atoms with Gasteiger partial charge in [-0.1, -0.05) is 28.8 Å². The summed E-state index contributed by atoms with van der Waals surface area (Å²) in [5, 5.41) is 3.48. The third kappa shape index (κ3) is 3.67. The molecule has 0 bridgehead atoms. The lowest BCUT2D eigenvalue weighted by Gasteiger charge is -2.19. The Kier molecular flexibility index (Phi) is 4.17. The molecule has 1 aliphatic carbocycles. The molecule has 106 valence electrons. The highest BCUT2D eigenvalue weighted by molar-refractivity contribution is 9.10. The Bertz CT molecular complexity index is 546. The predicted octanol–water partition coefficient (Wildman–Crippen LogP) is 3.94. The van der Waals surface area contributed by atoms with E-state index in [2.05, 4.69) is 31.2 Å². The Balaban J connectivity index is 1.73. The third-order valence-corrected chi connectivity index (χ3v) is 4.08. The van der Waals surface area contributed by atoms with E-state index in [-0.39, 0.29) is 11.9 Å². The van der Waals surface area contributed by atoms with E-state index in [1.165, 1.54) is 18.9 Å². The summed E-state index contributed by atoms with van der Waals surface area (Å²) in [6.45, 7) is 0.665. The van der Waals surface area contributed by atoms with Crippen molar-refractivity contribution in [2.45, 2.75) is 31.8 Å². The van der Waals surface area contributed by atoms with Gasteiger partial charge in [-0.05, 0) is 36.1 Å². The molecule has 0 spiro atoms. The zero-order valence-corrected chi connectivity index (χ0v) is 12.7. The van der Waals surface area contributed by atoms with E-state index in [1.807, 2.05) is 12.3 Å². The smallest absolute Gasteiger partial charge is 0.124 e. The van der Waals surface area contributed by atoms with Crippen LogP contribution in [-0.4, -0.2) is 9.97 Å². The fraction of sp³-hybridized carbons (Fsp3) is 0.400. The molecule has 5 heteroatoms. The minimum absolute atomic E-state index is 0.166. The normalized spacial score (nSPS) is 16.3. The third-order valence-electron chi connectivity index (χ3n) is 3.62. The van der Waals surface area contributed by atoms with Gasteiger partial charge in [0.15, 0.2) is 0 Å². The number of aromatic nitrogens is 2. The number of hydrogen-bond donors (Lipinski definition) is 2. The molecule has 1 aromatic heterocycles. The van der Waals surface area contributed by atoms with Gasteiger partial charge in [0.25, 0.3) is 0 Å². The van der Waals surface area contributed by atoms with Crippen LogP contribution in [0.2, 0.25) is 0 Å². The van der Waals surface area contributed by atoms with Gasteiger partial charge in [-0.15, -0.1) is 0 Å². The number of aromatic amines is 1. The quantitative estimate of drug-likeness (QED) is 0.838. The van der Waals surface area contributed by atoms with E-state index in [1.54, 1.807) is 12.3 Å². The lowest BCUT2D eigenvalue weighted by molar-refractivity contribution is 0.464. The molecule has 1 heterocycles. The SMILES string of the molecule is Fc1cc(Br)cc([C@H](CC2CC2)NCc2ncc[nH]2)c1. The number of halogens is 2. The maximum atomic E-state index is 13.6. The van der Waals surface area contributed by atoms with Crippen molar-refractivity contribution in [1.82, 2.24) is 15.3 Å². The van der Waals surface area contributed by atoms with Crippen LogP contribution < -0.4 is 5.32 Å². The summed E-state index contributed by atoms with van der Waals surface area (Å²) in [5.41, 5.74) is 0.996. The van der Waals surface area contributed by atoms with E-state index in [4.69, 9.17) is 0 Å². The number of nitrogens with zero attached hydrogens (tertiary/aromatic N) is 1. The minimum atomic E-state index is -0.199. The summed E-state index contributed by atoms with van der Waals surface area (Å²) >= 11 is 3.37. The monoisotopic (exact) mass is 337 g/mol. The van der Waals surface area contributed by atoms with Crippen LogP contribution in [0, 0.1) is 11.7 Å². The average molecular weight is 338 g/mol. The van der Waals surface area contributed by atoms with Crippen LogP contribution in [0.4, 0.5) is 4.39 Å². The van der Waals surface area contributed by atoms with Crippen molar-refractivity contribution >= 4 is 15.9 Å². The largest absolute Gasteiger partial charge is 0.348 e. The first-order valence-electron chi connectivity index (χ1n) is 6.88. The molecule has 1 saturated carbocycles. The molecule has 0 radical (unpaired) electrons. The summed E-state index contributed by atoms with van der Waals surface area (Å²) in [7, 11) is 0. The summed E-state index contributed by atoms with van der Waals surface area (Å²) in [6.07, 6.45) is 7.18. The van der Waals surface area contributed by atoms with Gasteiger partial charge in [-0.3, -0.25) is 0 Å². The summed E-state index contributed by atoms with van der Waals surface area (Å²) in [4.78, 5) is 7.29. The first-order valence-corrected chi connectivity index (χ1v) is 7.67. The fourth-order valence-electron chi connectivity index (χ4n) is 2.42.